The van der Waals surface area contributed by atoms with Gasteiger partial charge >= 0.3 is 6.03 Å². The number of nitrogens with one attached hydrogen (secondary N) is 2. The van der Waals surface area contributed by atoms with Crippen molar-refractivity contribution in [1.82, 2.24) is 25.3 Å². The van der Waals surface area contributed by atoms with Crippen molar-refractivity contribution in [3.8, 4) is 0 Å². The quantitative estimate of drug-likeness (QED) is 0.855. The smallest absolute Gasteiger partial charge is 0.320 e. The molecule has 20 heavy (non-hydrogen) atoms. The molecule has 0 bridgehead atoms. The topological polar surface area (TPSA) is 64.3 Å². The molecular formula is C14H23N5O. The first-order valence-corrected chi connectivity index (χ1v) is 7.51. The third-order valence-electron chi connectivity index (χ3n) is 4.42. The molecule has 110 valence electrons. The van der Waals surface area contributed by atoms with E-state index in [0.717, 1.165) is 44.0 Å². The fourth-order valence-electron chi connectivity index (χ4n) is 2.95. The lowest BCUT2D eigenvalue weighted by molar-refractivity contribution is 0.146. The van der Waals surface area contributed by atoms with Crippen LogP contribution in [0.5, 0.6) is 0 Å². The Morgan fingerprint density at radius 1 is 1.30 bits per heavy atom. The summed E-state index contributed by atoms with van der Waals surface area (Å²) in [6.45, 7) is 9.13. The minimum absolute atomic E-state index is 0.159. The molecule has 1 aromatic heterocycles. The van der Waals surface area contributed by atoms with Crippen LogP contribution >= 0.6 is 0 Å². The number of carbonyl (C=O) groups excluding carboxylic acids is 1. The highest BCUT2D eigenvalue weighted by Gasteiger charge is 2.31. The zero-order valence-corrected chi connectivity index (χ0v) is 12.3. The molecular weight excluding hydrogens is 254 g/mol. The van der Waals surface area contributed by atoms with Crippen LogP contribution < -0.4 is 5.32 Å². The fraction of sp³-hybridized carbons (Fsp3) is 0.714. The van der Waals surface area contributed by atoms with Crippen molar-refractivity contribution in [2.75, 3.05) is 26.2 Å². The number of hydrogen-bond donors (Lipinski definition) is 2. The van der Waals surface area contributed by atoms with Gasteiger partial charge in [-0.05, 0) is 6.42 Å². The Labute approximate surface area is 119 Å². The summed E-state index contributed by atoms with van der Waals surface area (Å²) in [6, 6.07) is 0.159. The van der Waals surface area contributed by atoms with E-state index in [4.69, 9.17) is 0 Å². The van der Waals surface area contributed by atoms with Gasteiger partial charge in [-0.15, -0.1) is 0 Å². The van der Waals surface area contributed by atoms with Gasteiger partial charge in [-0.1, -0.05) is 13.8 Å². The average molecular weight is 277 g/mol. The number of nitrogens with zero attached hydrogens (tertiary/aromatic N) is 3. The van der Waals surface area contributed by atoms with Gasteiger partial charge in [0.2, 0.25) is 0 Å². The predicted octanol–water partition coefficient (Wildman–Crippen LogP) is 1.26. The van der Waals surface area contributed by atoms with E-state index in [1.807, 2.05) is 9.80 Å². The van der Waals surface area contributed by atoms with Crippen LogP contribution in [0, 0.1) is 0 Å². The monoisotopic (exact) mass is 277 g/mol. The van der Waals surface area contributed by atoms with E-state index in [2.05, 4.69) is 29.4 Å². The number of H-pyrrole nitrogens is 1. The zero-order valence-electron chi connectivity index (χ0n) is 12.3. The number of fused-ring (bicyclic) bond motifs is 1. The second kappa shape index (κ2) is 5.44. The van der Waals surface area contributed by atoms with Crippen molar-refractivity contribution >= 4 is 6.03 Å². The second-order valence-electron chi connectivity index (χ2n) is 5.75. The van der Waals surface area contributed by atoms with Gasteiger partial charge in [-0.2, -0.15) is 5.10 Å². The summed E-state index contributed by atoms with van der Waals surface area (Å²) in [4.78, 5) is 16.4. The minimum Gasteiger partial charge on any atom is -0.322 e. The second-order valence-corrected chi connectivity index (χ2v) is 5.75. The van der Waals surface area contributed by atoms with Crippen LogP contribution in [-0.4, -0.2) is 52.2 Å². The van der Waals surface area contributed by atoms with Crippen LogP contribution in [0.1, 0.15) is 43.1 Å². The number of hydrogen-bond acceptors (Lipinski definition) is 3. The van der Waals surface area contributed by atoms with E-state index >= 15 is 0 Å². The van der Waals surface area contributed by atoms with E-state index in [9.17, 15) is 4.79 Å². The van der Waals surface area contributed by atoms with E-state index in [-0.39, 0.29) is 6.03 Å². The molecule has 2 aliphatic heterocycles. The molecule has 0 radical (unpaired) electrons. The number of carbonyl (C=O) groups is 1. The van der Waals surface area contributed by atoms with Crippen LogP contribution in [0.4, 0.5) is 4.79 Å². The highest BCUT2D eigenvalue weighted by molar-refractivity contribution is 5.75. The molecule has 1 unspecified atom stereocenters. The molecule has 2 amide bonds. The number of amides is 2. The predicted molar refractivity (Wildman–Crippen MR) is 76.4 cm³/mol. The molecule has 6 nitrogen and oxygen atoms in total. The Bertz CT molecular complexity index is 492. The molecule has 0 aromatic carbocycles. The number of rotatable bonds is 2. The highest BCUT2D eigenvalue weighted by atomic mass is 16.2. The Kier molecular flexibility index (Phi) is 3.65. The molecule has 1 atom stereocenters. The Hall–Kier alpha value is -1.56. The van der Waals surface area contributed by atoms with E-state index in [0.29, 0.717) is 19.0 Å². The van der Waals surface area contributed by atoms with Crippen LogP contribution in [0.25, 0.3) is 0 Å². The van der Waals surface area contributed by atoms with Crippen LogP contribution in [0.3, 0.4) is 0 Å². The molecule has 1 fully saturated rings. The fourth-order valence-corrected chi connectivity index (χ4v) is 2.95. The molecule has 0 spiro atoms. The molecule has 0 aliphatic carbocycles. The third kappa shape index (κ3) is 2.28. The lowest BCUT2D eigenvalue weighted by Crippen LogP contribution is -2.50. The van der Waals surface area contributed by atoms with Crippen LogP contribution in [0.2, 0.25) is 0 Å². The van der Waals surface area contributed by atoms with E-state index < -0.39 is 0 Å². The molecule has 1 saturated heterocycles. The van der Waals surface area contributed by atoms with Gasteiger partial charge in [0.1, 0.15) is 0 Å². The van der Waals surface area contributed by atoms with Crippen molar-refractivity contribution in [3.63, 3.8) is 0 Å². The first kappa shape index (κ1) is 13.4. The van der Waals surface area contributed by atoms with Crippen molar-refractivity contribution < 1.29 is 4.79 Å². The van der Waals surface area contributed by atoms with Gasteiger partial charge in [0.05, 0.1) is 24.5 Å². The molecule has 2 N–H and O–H groups in total. The van der Waals surface area contributed by atoms with Gasteiger partial charge in [0, 0.05) is 37.7 Å². The Morgan fingerprint density at radius 3 is 2.75 bits per heavy atom. The van der Waals surface area contributed by atoms with Crippen LogP contribution in [-0.2, 0) is 13.1 Å². The maximum atomic E-state index is 12.5. The van der Waals surface area contributed by atoms with Crippen molar-refractivity contribution in [2.45, 2.75) is 39.3 Å². The first-order valence-electron chi connectivity index (χ1n) is 7.51. The van der Waals surface area contributed by atoms with Gasteiger partial charge in [0.15, 0.2) is 0 Å². The average Bonchev–Trinajstić information content (AvgIpc) is 3.06. The number of urea groups is 1. The summed E-state index contributed by atoms with van der Waals surface area (Å²) in [5, 5.41) is 10.8. The minimum atomic E-state index is 0.159. The Balaban J connectivity index is 1.70. The zero-order chi connectivity index (χ0) is 14.1. The maximum Gasteiger partial charge on any atom is 0.320 e. The standard InChI is InChI=1S/C14H23N5O/c1-3-10(2)13-11-8-19(9-12(11)16-17-13)14(20)18-6-4-15-5-7-18/h10,15H,3-9H2,1-2H3,(H,16,17). The summed E-state index contributed by atoms with van der Waals surface area (Å²) in [7, 11) is 0. The number of aromatic amines is 1. The molecule has 6 heteroatoms. The largest absolute Gasteiger partial charge is 0.322 e. The molecule has 0 saturated carbocycles. The lowest BCUT2D eigenvalue weighted by atomic mass is 10.0. The molecule has 1 aromatic rings. The normalized spacial score (nSPS) is 20.1. The highest BCUT2D eigenvalue weighted by Crippen LogP contribution is 2.30. The van der Waals surface area contributed by atoms with Crippen molar-refractivity contribution in [3.05, 3.63) is 17.0 Å². The Morgan fingerprint density at radius 2 is 2.05 bits per heavy atom. The summed E-state index contributed by atoms with van der Waals surface area (Å²) in [5.41, 5.74) is 3.49. The van der Waals surface area contributed by atoms with Crippen LogP contribution in [0.15, 0.2) is 0 Å². The SMILES string of the molecule is CCC(C)c1n[nH]c2c1CN(C(=O)N1CCNCC1)C2. The van der Waals surface area contributed by atoms with E-state index in [1.54, 1.807) is 0 Å². The van der Waals surface area contributed by atoms with Gasteiger partial charge in [-0.25, -0.2) is 4.79 Å². The van der Waals surface area contributed by atoms with Crippen molar-refractivity contribution in [2.24, 2.45) is 0 Å². The summed E-state index contributed by atoms with van der Waals surface area (Å²) in [6.07, 6.45) is 1.07. The summed E-state index contributed by atoms with van der Waals surface area (Å²) >= 11 is 0. The lowest BCUT2D eigenvalue weighted by Gasteiger charge is -2.31. The number of aromatic nitrogens is 2. The molecule has 2 aliphatic rings. The van der Waals surface area contributed by atoms with Gasteiger partial charge in [0.25, 0.3) is 0 Å². The van der Waals surface area contributed by atoms with Crippen molar-refractivity contribution in [1.29, 1.82) is 0 Å². The van der Waals surface area contributed by atoms with Gasteiger partial charge < -0.3 is 15.1 Å². The maximum absolute atomic E-state index is 12.5. The summed E-state index contributed by atoms with van der Waals surface area (Å²) in [5.74, 6) is 0.448. The number of piperazine rings is 1. The van der Waals surface area contributed by atoms with Gasteiger partial charge in [-0.3, -0.25) is 5.10 Å². The first-order chi connectivity index (χ1) is 9.70. The molecule has 3 rings (SSSR count). The molecule has 3 heterocycles. The summed E-state index contributed by atoms with van der Waals surface area (Å²) < 4.78 is 0. The third-order valence-corrected chi connectivity index (χ3v) is 4.42. The van der Waals surface area contributed by atoms with E-state index in [1.165, 1.54) is 5.56 Å².